The van der Waals surface area contributed by atoms with Crippen LogP contribution < -0.4 is 5.32 Å². The largest absolute Gasteiger partial charge is 0.316 e. The Morgan fingerprint density at radius 2 is 2.12 bits per heavy atom. The summed E-state index contributed by atoms with van der Waals surface area (Å²) < 4.78 is 13.3. The lowest BCUT2D eigenvalue weighted by Gasteiger charge is -2.21. The summed E-state index contributed by atoms with van der Waals surface area (Å²) in [6, 6.07) is 4.97. The Morgan fingerprint density at radius 1 is 1.35 bits per heavy atom. The zero-order valence-corrected chi connectivity index (χ0v) is 11.2. The van der Waals surface area contributed by atoms with E-state index in [4.69, 9.17) is 11.6 Å². The van der Waals surface area contributed by atoms with Crippen molar-refractivity contribution in [1.82, 2.24) is 10.2 Å². The van der Waals surface area contributed by atoms with E-state index in [1.54, 1.807) is 6.07 Å². The summed E-state index contributed by atoms with van der Waals surface area (Å²) in [7, 11) is 0. The van der Waals surface area contributed by atoms with Crippen LogP contribution in [-0.4, -0.2) is 31.1 Å². The van der Waals surface area contributed by atoms with E-state index < -0.39 is 0 Å². The smallest absolute Gasteiger partial charge is 0.142 e. The van der Waals surface area contributed by atoms with Crippen LogP contribution in [0.4, 0.5) is 4.39 Å². The number of rotatable bonds is 7. The van der Waals surface area contributed by atoms with Crippen molar-refractivity contribution in [3.8, 4) is 0 Å². The Hall–Kier alpha value is -0.640. The number of halogens is 2. The molecule has 0 saturated heterocycles. The molecule has 2 nitrogen and oxygen atoms in total. The zero-order valence-electron chi connectivity index (χ0n) is 10.5. The van der Waals surface area contributed by atoms with Crippen LogP contribution >= 0.6 is 11.6 Å². The number of hydrogen-bond donors (Lipinski definition) is 1. The molecule has 17 heavy (non-hydrogen) atoms. The molecule has 0 fully saturated rings. The highest BCUT2D eigenvalue weighted by Gasteiger charge is 2.09. The molecule has 0 aliphatic carbocycles. The maximum Gasteiger partial charge on any atom is 0.142 e. The quantitative estimate of drug-likeness (QED) is 0.757. The first kappa shape index (κ1) is 14.4. The molecule has 0 spiro atoms. The summed E-state index contributed by atoms with van der Waals surface area (Å²) in [5, 5.41) is 3.52. The molecular weight excluding hydrogens is 239 g/mol. The van der Waals surface area contributed by atoms with Gasteiger partial charge in [0.25, 0.3) is 0 Å². The van der Waals surface area contributed by atoms with E-state index >= 15 is 0 Å². The second-order valence-corrected chi connectivity index (χ2v) is 4.31. The molecule has 0 amide bonds. The van der Waals surface area contributed by atoms with Crippen LogP contribution in [0.5, 0.6) is 0 Å². The van der Waals surface area contributed by atoms with E-state index in [9.17, 15) is 4.39 Å². The second kappa shape index (κ2) is 7.64. The maximum atomic E-state index is 13.3. The SMILES string of the molecule is CCNCCN(CC)Cc1cccc(F)c1Cl. The maximum absolute atomic E-state index is 13.3. The molecular formula is C13H20ClFN2. The van der Waals surface area contributed by atoms with Crippen molar-refractivity contribution in [2.75, 3.05) is 26.2 Å². The van der Waals surface area contributed by atoms with Crippen LogP contribution in [0.25, 0.3) is 0 Å². The highest BCUT2D eigenvalue weighted by molar-refractivity contribution is 6.31. The molecule has 0 saturated carbocycles. The van der Waals surface area contributed by atoms with Crippen LogP contribution in [0.3, 0.4) is 0 Å². The van der Waals surface area contributed by atoms with Crippen LogP contribution in [-0.2, 0) is 6.54 Å². The predicted octanol–water partition coefficient (Wildman–Crippen LogP) is 2.91. The predicted molar refractivity (Wildman–Crippen MR) is 70.9 cm³/mol. The van der Waals surface area contributed by atoms with Crippen LogP contribution in [0.2, 0.25) is 5.02 Å². The molecule has 4 heteroatoms. The fourth-order valence-electron chi connectivity index (χ4n) is 1.67. The summed E-state index contributed by atoms with van der Waals surface area (Å²) in [6.07, 6.45) is 0. The molecule has 0 atom stereocenters. The molecule has 0 aliphatic heterocycles. The molecule has 1 aromatic rings. The normalized spacial score (nSPS) is 11.1. The van der Waals surface area contributed by atoms with E-state index in [2.05, 4.69) is 24.1 Å². The lowest BCUT2D eigenvalue weighted by Crippen LogP contribution is -2.31. The molecule has 96 valence electrons. The van der Waals surface area contributed by atoms with Crippen molar-refractivity contribution in [2.45, 2.75) is 20.4 Å². The van der Waals surface area contributed by atoms with Crippen LogP contribution in [0, 0.1) is 5.82 Å². The Labute approximate surface area is 108 Å². The Balaban J connectivity index is 2.57. The Bertz CT molecular complexity index is 344. The monoisotopic (exact) mass is 258 g/mol. The summed E-state index contributed by atoms with van der Waals surface area (Å²) in [6.45, 7) is 8.66. The molecule has 0 bridgehead atoms. The van der Waals surface area contributed by atoms with Gasteiger partial charge < -0.3 is 5.32 Å². The van der Waals surface area contributed by atoms with Crippen molar-refractivity contribution >= 4 is 11.6 Å². The number of nitrogens with one attached hydrogen (secondary N) is 1. The van der Waals surface area contributed by atoms with Gasteiger partial charge in [0, 0.05) is 19.6 Å². The molecule has 0 radical (unpaired) electrons. The summed E-state index contributed by atoms with van der Waals surface area (Å²) in [5.41, 5.74) is 0.852. The highest BCUT2D eigenvalue weighted by atomic mass is 35.5. The number of likely N-dealkylation sites (N-methyl/N-ethyl adjacent to an activating group) is 2. The third-order valence-electron chi connectivity index (χ3n) is 2.73. The average Bonchev–Trinajstić information content (AvgIpc) is 2.33. The first-order valence-corrected chi connectivity index (χ1v) is 6.42. The molecule has 1 rings (SSSR count). The van der Waals surface area contributed by atoms with Gasteiger partial charge in [-0.2, -0.15) is 0 Å². The number of benzene rings is 1. The van der Waals surface area contributed by atoms with Gasteiger partial charge in [0.1, 0.15) is 5.82 Å². The lowest BCUT2D eigenvalue weighted by atomic mass is 10.2. The molecule has 0 unspecified atom stereocenters. The first-order chi connectivity index (χ1) is 8.19. The minimum absolute atomic E-state index is 0.245. The second-order valence-electron chi connectivity index (χ2n) is 3.94. The third-order valence-corrected chi connectivity index (χ3v) is 3.15. The summed E-state index contributed by atoms with van der Waals surface area (Å²) in [5.74, 6) is -0.341. The number of nitrogens with zero attached hydrogens (tertiary/aromatic N) is 1. The topological polar surface area (TPSA) is 15.3 Å². The standard InChI is InChI=1S/C13H20ClFN2/c1-3-16-8-9-17(4-2)10-11-6-5-7-12(15)13(11)14/h5-7,16H,3-4,8-10H2,1-2H3. The van der Waals surface area contributed by atoms with E-state index in [1.807, 2.05) is 6.07 Å². The van der Waals surface area contributed by atoms with Crippen molar-refractivity contribution in [2.24, 2.45) is 0 Å². The van der Waals surface area contributed by atoms with Crippen LogP contribution in [0.15, 0.2) is 18.2 Å². The summed E-state index contributed by atoms with van der Waals surface area (Å²) >= 11 is 5.94. The zero-order chi connectivity index (χ0) is 12.7. The van der Waals surface area contributed by atoms with Gasteiger partial charge in [0.05, 0.1) is 5.02 Å². The van der Waals surface area contributed by atoms with Gasteiger partial charge in [-0.25, -0.2) is 4.39 Å². The van der Waals surface area contributed by atoms with E-state index in [-0.39, 0.29) is 10.8 Å². The highest BCUT2D eigenvalue weighted by Crippen LogP contribution is 2.20. The van der Waals surface area contributed by atoms with Crippen molar-refractivity contribution in [3.05, 3.63) is 34.6 Å². The Morgan fingerprint density at radius 3 is 2.76 bits per heavy atom. The van der Waals surface area contributed by atoms with E-state index in [0.29, 0.717) is 6.54 Å². The molecule has 1 aromatic carbocycles. The Kier molecular flexibility index (Phi) is 6.48. The van der Waals surface area contributed by atoms with Gasteiger partial charge >= 0.3 is 0 Å². The minimum atomic E-state index is -0.341. The van der Waals surface area contributed by atoms with Crippen molar-refractivity contribution < 1.29 is 4.39 Å². The molecule has 0 heterocycles. The van der Waals surface area contributed by atoms with Gasteiger partial charge in [0.15, 0.2) is 0 Å². The van der Waals surface area contributed by atoms with Crippen molar-refractivity contribution in [1.29, 1.82) is 0 Å². The minimum Gasteiger partial charge on any atom is -0.316 e. The van der Waals surface area contributed by atoms with Gasteiger partial charge in [-0.1, -0.05) is 37.6 Å². The number of hydrogen-bond acceptors (Lipinski definition) is 2. The lowest BCUT2D eigenvalue weighted by molar-refractivity contribution is 0.280. The average molecular weight is 259 g/mol. The van der Waals surface area contributed by atoms with E-state index in [0.717, 1.165) is 31.7 Å². The first-order valence-electron chi connectivity index (χ1n) is 6.05. The van der Waals surface area contributed by atoms with Gasteiger partial charge in [-0.15, -0.1) is 0 Å². The fraction of sp³-hybridized carbons (Fsp3) is 0.538. The van der Waals surface area contributed by atoms with Crippen molar-refractivity contribution in [3.63, 3.8) is 0 Å². The van der Waals surface area contributed by atoms with Gasteiger partial charge in [-0.3, -0.25) is 4.90 Å². The fourth-order valence-corrected chi connectivity index (χ4v) is 1.86. The van der Waals surface area contributed by atoms with E-state index in [1.165, 1.54) is 6.07 Å². The molecule has 1 N–H and O–H groups in total. The van der Waals surface area contributed by atoms with Crippen LogP contribution in [0.1, 0.15) is 19.4 Å². The third kappa shape index (κ3) is 4.62. The molecule has 0 aliphatic rings. The molecule has 0 aromatic heterocycles. The van der Waals surface area contributed by atoms with Gasteiger partial charge in [0.2, 0.25) is 0 Å². The van der Waals surface area contributed by atoms with Gasteiger partial charge in [-0.05, 0) is 24.7 Å². The summed E-state index contributed by atoms with van der Waals surface area (Å²) in [4.78, 5) is 2.24.